The van der Waals surface area contributed by atoms with Crippen molar-refractivity contribution in [3.05, 3.63) is 30.3 Å². The Balaban J connectivity index is 2.38. The van der Waals surface area contributed by atoms with E-state index >= 15 is 0 Å². The van der Waals surface area contributed by atoms with Crippen LogP contribution in [0.25, 0.3) is 0 Å². The van der Waals surface area contributed by atoms with E-state index in [1.165, 1.54) is 31.2 Å². The third kappa shape index (κ3) is 5.95. The van der Waals surface area contributed by atoms with Crippen LogP contribution in [0.15, 0.2) is 50.4 Å². The van der Waals surface area contributed by atoms with Crippen LogP contribution >= 0.6 is 12.0 Å². The minimum atomic E-state index is -4.58. The Bertz CT molecular complexity index is 981. The minimum absolute atomic E-state index is 0.0686. The molecular weight excluding hydrogens is 402 g/mol. The molecule has 1 aromatic heterocycles. The largest absolute Gasteiger partial charge is 0.382 e. The average molecular weight is 415 g/mol. The number of aromatic nitrogens is 1. The van der Waals surface area contributed by atoms with Crippen molar-refractivity contribution in [2.75, 3.05) is 11.1 Å². The van der Waals surface area contributed by atoms with Gasteiger partial charge in [0.05, 0.1) is 12.0 Å². The lowest BCUT2D eigenvalue weighted by atomic mass is 10.3. The van der Waals surface area contributed by atoms with Crippen LogP contribution in [-0.2, 0) is 24.3 Å². The molecule has 1 amide bonds. The van der Waals surface area contributed by atoms with E-state index < -0.39 is 15.0 Å². The number of carbonyl (C=O) groups is 1. The van der Waals surface area contributed by atoms with Crippen molar-refractivity contribution < 1.29 is 32.4 Å². The number of azo groups is 1. The van der Waals surface area contributed by atoms with Crippen molar-refractivity contribution >= 4 is 51.1 Å². The fraction of sp³-hybridized carbons (Fsp3) is 0.0769. The van der Waals surface area contributed by atoms with Gasteiger partial charge in [-0.15, -0.1) is 14.6 Å². The highest BCUT2D eigenvalue weighted by Gasteiger charge is 2.17. The van der Waals surface area contributed by atoms with E-state index in [4.69, 9.17) is 11.0 Å². The minimum Gasteiger partial charge on any atom is -0.382 e. The zero-order valence-corrected chi connectivity index (χ0v) is 15.2. The summed E-state index contributed by atoms with van der Waals surface area (Å²) in [4.78, 5) is 14.7. The summed E-state index contributed by atoms with van der Waals surface area (Å²) in [6, 6.07) is 6.39. The number of rotatable bonds is 7. The van der Waals surface area contributed by atoms with Crippen LogP contribution in [0.1, 0.15) is 6.92 Å². The Morgan fingerprint density at radius 3 is 2.56 bits per heavy atom. The van der Waals surface area contributed by atoms with Gasteiger partial charge < -0.3 is 11.1 Å². The van der Waals surface area contributed by atoms with Gasteiger partial charge in [-0.3, -0.25) is 9.35 Å². The molecule has 27 heavy (non-hydrogen) atoms. The fourth-order valence-electron chi connectivity index (χ4n) is 1.81. The third-order valence-electron chi connectivity index (χ3n) is 2.84. The van der Waals surface area contributed by atoms with Gasteiger partial charge >= 0.3 is 0 Å². The summed E-state index contributed by atoms with van der Waals surface area (Å²) in [5.41, 5.74) is 5.60. The maximum atomic E-state index is 11.5. The molecule has 0 unspecified atom stereocenters. The highest BCUT2D eigenvalue weighted by molar-refractivity contribution is 7.94. The molecule has 1 heterocycles. The molecule has 0 saturated carbocycles. The summed E-state index contributed by atoms with van der Waals surface area (Å²) < 4.78 is 36.5. The number of carbonyl (C=O) groups excluding carboxylic acids is 1. The molecule has 0 aliphatic rings. The molecule has 2 rings (SSSR count). The Morgan fingerprint density at radius 1 is 1.26 bits per heavy atom. The first-order valence-electron chi connectivity index (χ1n) is 6.93. The molecule has 12 nitrogen and oxygen atoms in total. The first-order chi connectivity index (χ1) is 12.7. The first-order valence-corrected chi connectivity index (χ1v) is 9.11. The van der Waals surface area contributed by atoms with Crippen LogP contribution in [0.4, 0.5) is 23.0 Å². The number of nitrogens with two attached hydrogens (primary N) is 1. The molecule has 2 aromatic rings. The van der Waals surface area contributed by atoms with Gasteiger partial charge in [-0.1, -0.05) is 5.04 Å². The van der Waals surface area contributed by atoms with Gasteiger partial charge in [0.15, 0.2) is 5.82 Å². The molecule has 144 valence electrons. The highest BCUT2D eigenvalue weighted by atomic mass is 32.2. The topological polar surface area (TPSA) is 186 Å². The van der Waals surface area contributed by atoms with Crippen LogP contribution in [0.5, 0.6) is 0 Å². The van der Waals surface area contributed by atoms with Crippen LogP contribution in [0, 0.1) is 0 Å². The zero-order valence-electron chi connectivity index (χ0n) is 13.6. The lowest BCUT2D eigenvalue weighted by molar-refractivity contribution is -0.432. The molecular formula is C13H13N5O7S2. The predicted octanol–water partition coefficient (Wildman–Crippen LogP) is 2.71. The van der Waals surface area contributed by atoms with Crippen molar-refractivity contribution in [2.45, 2.75) is 16.7 Å². The van der Waals surface area contributed by atoms with E-state index in [-0.39, 0.29) is 33.8 Å². The first kappa shape index (κ1) is 20.7. The maximum absolute atomic E-state index is 11.5. The van der Waals surface area contributed by atoms with Crippen molar-refractivity contribution in [1.82, 2.24) is 4.98 Å². The van der Waals surface area contributed by atoms with Crippen molar-refractivity contribution in [2.24, 2.45) is 10.2 Å². The Labute approximate surface area is 157 Å². The standard InChI is InChI=1S/C13H13N5O7S2/c1-7(19)15-12-5-3-9(13(14)16-12)17-18-10-6-8(26-25-24-20)2-4-11(10)27(21,22)23/h2-6,20H,1H3,(H,21,22,23)(H3,14,15,16,19). The van der Waals surface area contributed by atoms with Crippen molar-refractivity contribution in [1.29, 1.82) is 0 Å². The van der Waals surface area contributed by atoms with Crippen LogP contribution in [-0.4, -0.2) is 29.1 Å². The molecule has 0 radical (unpaired) electrons. The van der Waals surface area contributed by atoms with Gasteiger partial charge in [0.1, 0.15) is 22.1 Å². The van der Waals surface area contributed by atoms with Crippen molar-refractivity contribution in [3.8, 4) is 0 Å². The number of pyridine rings is 1. The van der Waals surface area contributed by atoms with Gasteiger partial charge in [0, 0.05) is 11.8 Å². The van der Waals surface area contributed by atoms with Crippen LogP contribution in [0.2, 0.25) is 0 Å². The summed E-state index contributed by atoms with van der Waals surface area (Å²) in [5.74, 6) is -0.199. The molecule has 0 saturated heterocycles. The van der Waals surface area contributed by atoms with Crippen molar-refractivity contribution in [3.63, 3.8) is 0 Å². The molecule has 0 aliphatic heterocycles. The Kier molecular flexibility index (Phi) is 6.78. The average Bonchev–Trinajstić information content (AvgIpc) is 2.57. The molecule has 0 aliphatic carbocycles. The second-order valence-corrected chi connectivity index (χ2v) is 6.98. The summed E-state index contributed by atoms with van der Waals surface area (Å²) in [7, 11) is -4.58. The van der Waals surface area contributed by atoms with Crippen LogP contribution in [0.3, 0.4) is 0 Å². The number of hydrogen-bond donors (Lipinski definition) is 4. The summed E-state index contributed by atoms with van der Waals surface area (Å²) >= 11 is 0.559. The van der Waals surface area contributed by atoms with E-state index in [9.17, 15) is 17.8 Å². The third-order valence-corrected chi connectivity index (χ3v) is 4.32. The Morgan fingerprint density at radius 2 is 1.96 bits per heavy atom. The number of benzene rings is 1. The van der Waals surface area contributed by atoms with Gasteiger partial charge in [-0.05, 0) is 30.3 Å². The number of amides is 1. The molecule has 14 heteroatoms. The molecule has 0 fully saturated rings. The lowest BCUT2D eigenvalue weighted by Crippen LogP contribution is -2.08. The molecule has 0 bridgehead atoms. The highest BCUT2D eigenvalue weighted by Crippen LogP contribution is 2.32. The second-order valence-electron chi connectivity index (χ2n) is 4.81. The maximum Gasteiger partial charge on any atom is 0.296 e. The van der Waals surface area contributed by atoms with Gasteiger partial charge in [-0.25, -0.2) is 10.2 Å². The van der Waals surface area contributed by atoms with Gasteiger partial charge in [0.25, 0.3) is 10.1 Å². The van der Waals surface area contributed by atoms with E-state index in [1.54, 1.807) is 0 Å². The number of hydrogen-bond acceptors (Lipinski definition) is 11. The SMILES string of the molecule is CC(=O)Nc1ccc(N=Nc2cc(SOOO)ccc2S(=O)(=O)O)c(N)n1. The smallest absolute Gasteiger partial charge is 0.296 e. The number of nitrogens with zero attached hydrogens (tertiary/aromatic N) is 3. The summed E-state index contributed by atoms with van der Waals surface area (Å²) in [5, 5.41) is 21.6. The number of nitrogens with one attached hydrogen (secondary N) is 1. The fourth-order valence-corrected chi connectivity index (χ4v) is 2.81. The summed E-state index contributed by atoms with van der Waals surface area (Å²) in [6.45, 7) is 1.30. The van der Waals surface area contributed by atoms with E-state index in [1.807, 2.05) is 0 Å². The van der Waals surface area contributed by atoms with E-state index in [2.05, 4.69) is 29.9 Å². The quantitative estimate of drug-likeness (QED) is 0.172. The molecule has 1 aromatic carbocycles. The number of anilines is 2. The monoisotopic (exact) mass is 415 g/mol. The Hall–Kier alpha value is -2.62. The molecule has 5 N–H and O–H groups in total. The van der Waals surface area contributed by atoms with Gasteiger partial charge in [-0.2, -0.15) is 8.42 Å². The summed E-state index contributed by atoms with van der Waals surface area (Å²) in [6.07, 6.45) is 0. The van der Waals surface area contributed by atoms with Crippen LogP contribution < -0.4 is 11.1 Å². The predicted molar refractivity (Wildman–Crippen MR) is 94.0 cm³/mol. The molecule has 0 spiro atoms. The molecule has 0 atom stereocenters. The van der Waals surface area contributed by atoms with E-state index in [0.29, 0.717) is 12.0 Å². The normalized spacial score (nSPS) is 11.7. The van der Waals surface area contributed by atoms with E-state index in [0.717, 1.165) is 6.07 Å². The second kappa shape index (κ2) is 8.85. The number of nitrogen functional groups attached to an aromatic ring is 1. The van der Waals surface area contributed by atoms with Gasteiger partial charge in [0.2, 0.25) is 5.91 Å². The zero-order chi connectivity index (χ0) is 20.0. The lowest BCUT2D eigenvalue weighted by Gasteiger charge is -2.05.